The zero-order valence-electron chi connectivity index (χ0n) is 11.9. The molecule has 11 heteroatoms. The molecule has 7 nitrogen and oxygen atoms in total. The number of anilines is 1. The predicted octanol–water partition coefficient (Wildman–Crippen LogP) is 2.35. The highest BCUT2D eigenvalue weighted by atomic mass is 32.1. The van der Waals surface area contributed by atoms with Gasteiger partial charge in [0.25, 0.3) is 5.91 Å². The fourth-order valence-electron chi connectivity index (χ4n) is 1.92. The molecule has 1 amide bonds. The number of pyridine rings is 2. The lowest BCUT2D eigenvalue weighted by atomic mass is 10.2. The van der Waals surface area contributed by atoms with Crippen LogP contribution in [0, 0.1) is 6.92 Å². The first-order chi connectivity index (χ1) is 11.3. The van der Waals surface area contributed by atoms with Gasteiger partial charge in [0.15, 0.2) is 0 Å². The van der Waals surface area contributed by atoms with Crippen LogP contribution in [-0.2, 0) is 6.18 Å². The zero-order valence-corrected chi connectivity index (χ0v) is 12.7. The summed E-state index contributed by atoms with van der Waals surface area (Å²) in [7, 11) is 0. The second-order valence-corrected chi connectivity index (χ2v) is 5.72. The smallest absolute Gasteiger partial charge is 0.345 e. The number of hydrogen-bond acceptors (Lipinski definition) is 6. The molecular weight excluding hydrogens is 347 g/mol. The van der Waals surface area contributed by atoms with Crippen molar-refractivity contribution in [1.29, 1.82) is 0 Å². The van der Waals surface area contributed by atoms with Gasteiger partial charge in [-0.3, -0.25) is 14.9 Å². The number of alkyl halides is 3. The standard InChI is InChI=1S/C13H8F3N5O2S/c1-5-2-3-6-8(22)7(4-17-9(6)18-5)10(23)19-12-21-20-11(24-12)13(14,15)16/h2-4H,1H3,(H,17,18,22)(H,19,21,23). The Bertz CT molecular complexity index is 995. The Labute approximate surface area is 135 Å². The fourth-order valence-corrected chi connectivity index (χ4v) is 2.53. The molecule has 0 atom stereocenters. The highest BCUT2D eigenvalue weighted by Gasteiger charge is 2.35. The van der Waals surface area contributed by atoms with E-state index in [0.717, 1.165) is 6.20 Å². The van der Waals surface area contributed by atoms with Crippen LogP contribution >= 0.6 is 11.3 Å². The highest BCUT2D eigenvalue weighted by molar-refractivity contribution is 7.15. The van der Waals surface area contributed by atoms with Crippen LogP contribution in [0.5, 0.6) is 0 Å². The van der Waals surface area contributed by atoms with Crippen molar-refractivity contribution >= 4 is 33.4 Å². The maximum absolute atomic E-state index is 12.5. The lowest BCUT2D eigenvalue weighted by Gasteiger charge is -2.03. The van der Waals surface area contributed by atoms with Gasteiger partial charge in [0.05, 0.1) is 5.39 Å². The molecule has 3 aromatic rings. The van der Waals surface area contributed by atoms with Gasteiger partial charge in [0, 0.05) is 11.9 Å². The Morgan fingerprint density at radius 2 is 2.04 bits per heavy atom. The summed E-state index contributed by atoms with van der Waals surface area (Å²) in [5, 5.41) is 6.98. The summed E-state index contributed by atoms with van der Waals surface area (Å²) in [4.78, 5) is 31.2. The molecule has 0 aliphatic heterocycles. The van der Waals surface area contributed by atoms with Gasteiger partial charge in [0.2, 0.25) is 15.6 Å². The minimum absolute atomic E-state index is 0.170. The summed E-state index contributed by atoms with van der Waals surface area (Å²) >= 11 is 0.170. The number of nitrogens with zero attached hydrogens (tertiary/aromatic N) is 3. The van der Waals surface area contributed by atoms with Gasteiger partial charge in [-0.1, -0.05) is 11.3 Å². The molecule has 0 spiro atoms. The molecule has 0 unspecified atom stereocenters. The molecule has 24 heavy (non-hydrogen) atoms. The number of nitrogens with one attached hydrogen (secondary N) is 2. The Morgan fingerprint density at radius 3 is 2.71 bits per heavy atom. The van der Waals surface area contributed by atoms with Crippen molar-refractivity contribution in [2.75, 3.05) is 5.32 Å². The molecule has 0 radical (unpaired) electrons. The van der Waals surface area contributed by atoms with E-state index in [9.17, 15) is 22.8 Å². The minimum atomic E-state index is -4.65. The summed E-state index contributed by atoms with van der Waals surface area (Å²) in [5.41, 5.74) is 0.141. The molecule has 124 valence electrons. The monoisotopic (exact) mass is 355 g/mol. The van der Waals surface area contributed by atoms with Crippen LogP contribution in [0.2, 0.25) is 0 Å². The third kappa shape index (κ3) is 2.97. The van der Waals surface area contributed by atoms with Crippen molar-refractivity contribution < 1.29 is 18.0 Å². The van der Waals surface area contributed by atoms with Gasteiger partial charge in [-0.15, -0.1) is 10.2 Å². The predicted molar refractivity (Wildman–Crippen MR) is 80.0 cm³/mol. The fraction of sp³-hybridized carbons (Fsp3) is 0.154. The Morgan fingerprint density at radius 1 is 1.29 bits per heavy atom. The summed E-state index contributed by atoms with van der Waals surface area (Å²) in [6, 6.07) is 3.12. The van der Waals surface area contributed by atoms with Crippen molar-refractivity contribution in [3.05, 3.63) is 44.8 Å². The van der Waals surface area contributed by atoms with Crippen molar-refractivity contribution in [3.63, 3.8) is 0 Å². The topological polar surface area (TPSA) is 101 Å². The third-order valence-corrected chi connectivity index (χ3v) is 3.89. The van der Waals surface area contributed by atoms with Crippen molar-refractivity contribution in [3.8, 4) is 0 Å². The average Bonchev–Trinajstić information content (AvgIpc) is 2.96. The number of hydrogen-bond donors (Lipinski definition) is 2. The molecular formula is C13H8F3N5O2S. The number of halogens is 3. The molecule has 3 aromatic heterocycles. The van der Waals surface area contributed by atoms with Gasteiger partial charge < -0.3 is 4.98 Å². The molecule has 3 heterocycles. The maximum Gasteiger partial charge on any atom is 0.445 e. The van der Waals surface area contributed by atoms with Crippen molar-refractivity contribution in [2.45, 2.75) is 13.1 Å². The molecule has 2 N–H and O–H groups in total. The average molecular weight is 355 g/mol. The van der Waals surface area contributed by atoms with Gasteiger partial charge in [-0.25, -0.2) is 4.98 Å². The third-order valence-electron chi connectivity index (χ3n) is 3.01. The van der Waals surface area contributed by atoms with Crippen LogP contribution in [-0.4, -0.2) is 26.1 Å². The first kappa shape index (κ1) is 16.1. The molecule has 0 fully saturated rings. The van der Waals surface area contributed by atoms with Crippen LogP contribution in [0.4, 0.5) is 18.3 Å². The Kier molecular flexibility index (Phi) is 3.79. The van der Waals surface area contributed by atoms with E-state index in [1.165, 1.54) is 6.07 Å². The molecule has 0 aromatic carbocycles. The molecule has 0 aliphatic carbocycles. The van der Waals surface area contributed by atoms with E-state index in [4.69, 9.17) is 0 Å². The van der Waals surface area contributed by atoms with E-state index in [0.29, 0.717) is 11.3 Å². The van der Waals surface area contributed by atoms with Crippen molar-refractivity contribution in [2.24, 2.45) is 0 Å². The number of aromatic nitrogens is 4. The minimum Gasteiger partial charge on any atom is -0.345 e. The van der Waals surface area contributed by atoms with E-state index < -0.39 is 22.5 Å². The van der Waals surface area contributed by atoms with E-state index in [1.54, 1.807) is 13.0 Å². The maximum atomic E-state index is 12.5. The normalized spacial score (nSPS) is 11.7. The zero-order chi connectivity index (χ0) is 17.5. The van der Waals surface area contributed by atoms with E-state index in [1.807, 2.05) is 0 Å². The number of aryl methyl sites for hydroxylation is 1. The lowest BCUT2D eigenvalue weighted by Crippen LogP contribution is -2.22. The number of rotatable bonds is 2. The summed E-state index contributed by atoms with van der Waals surface area (Å²) in [6.07, 6.45) is -3.50. The molecule has 0 bridgehead atoms. The quantitative estimate of drug-likeness (QED) is 0.735. The second-order valence-electron chi connectivity index (χ2n) is 4.74. The second kappa shape index (κ2) is 5.67. The van der Waals surface area contributed by atoms with Gasteiger partial charge >= 0.3 is 6.18 Å². The number of fused-ring (bicyclic) bond motifs is 1. The van der Waals surface area contributed by atoms with E-state index >= 15 is 0 Å². The van der Waals surface area contributed by atoms with Crippen LogP contribution in [0.3, 0.4) is 0 Å². The van der Waals surface area contributed by atoms with Crippen LogP contribution in [0.1, 0.15) is 21.1 Å². The van der Waals surface area contributed by atoms with Crippen LogP contribution in [0.25, 0.3) is 11.0 Å². The van der Waals surface area contributed by atoms with Crippen LogP contribution < -0.4 is 10.7 Å². The molecule has 0 saturated heterocycles. The van der Waals surface area contributed by atoms with E-state index in [-0.39, 0.29) is 27.4 Å². The summed E-state index contributed by atoms with van der Waals surface area (Å²) in [6.45, 7) is 1.74. The first-order valence-electron chi connectivity index (χ1n) is 6.47. The number of carbonyl (C=O) groups excluding carboxylic acids is 1. The lowest BCUT2D eigenvalue weighted by molar-refractivity contribution is -0.138. The van der Waals surface area contributed by atoms with Gasteiger partial charge in [0.1, 0.15) is 11.2 Å². The number of H-pyrrole nitrogens is 1. The number of aromatic amines is 1. The van der Waals surface area contributed by atoms with Gasteiger partial charge in [-0.2, -0.15) is 13.2 Å². The highest BCUT2D eigenvalue weighted by Crippen LogP contribution is 2.33. The van der Waals surface area contributed by atoms with Gasteiger partial charge in [-0.05, 0) is 19.1 Å². The number of amides is 1. The van der Waals surface area contributed by atoms with Crippen molar-refractivity contribution in [1.82, 2.24) is 20.2 Å². The van der Waals surface area contributed by atoms with Crippen LogP contribution in [0.15, 0.2) is 23.1 Å². The Balaban J connectivity index is 1.92. The number of carbonyl (C=O) groups is 1. The molecule has 0 aliphatic rings. The largest absolute Gasteiger partial charge is 0.445 e. The SMILES string of the molecule is Cc1ccc2c(=O)c(C(=O)Nc3nnc(C(F)(F)F)s3)c[nH]c2n1. The molecule has 3 rings (SSSR count). The summed E-state index contributed by atoms with van der Waals surface area (Å²) in [5.74, 6) is -0.886. The molecule has 0 saturated carbocycles. The summed E-state index contributed by atoms with van der Waals surface area (Å²) < 4.78 is 37.4. The first-order valence-corrected chi connectivity index (χ1v) is 7.28. The van der Waals surface area contributed by atoms with E-state index in [2.05, 4.69) is 25.5 Å². The Hall–Kier alpha value is -2.82.